The van der Waals surface area contributed by atoms with Crippen LogP contribution in [0, 0.1) is 18.8 Å². The maximum Gasteiger partial charge on any atom is 0.433 e. The molecule has 1 aliphatic rings. The van der Waals surface area contributed by atoms with Crippen LogP contribution in [-0.4, -0.2) is 26.2 Å². The van der Waals surface area contributed by atoms with Gasteiger partial charge in [0.2, 0.25) is 5.95 Å². The van der Waals surface area contributed by atoms with Crippen LogP contribution < -0.4 is 5.32 Å². The van der Waals surface area contributed by atoms with Gasteiger partial charge in [-0.15, -0.1) is 0 Å². The Kier molecular flexibility index (Phi) is 7.04. The summed E-state index contributed by atoms with van der Waals surface area (Å²) in [5, 5.41) is 24.1. The van der Waals surface area contributed by atoms with E-state index in [1.165, 1.54) is 0 Å². The van der Waals surface area contributed by atoms with Crippen molar-refractivity contribution in [2.45, 2.75) is 51.3 Å². The number of alkyl halides is 3. The van der Waals surface area contributed by atoms with Crippen LogP contribution in [0.1, 0.15) is 49.4 Å². The number of aromatic nitrogens is 2. The topological polar surface area (TPSA) is 95.3 Å². The van der Waals surface area contributed by atoms with Crippen molar-refractivity contribution in [1.29, 1.82) is 0 Å². The molecule has 0 radical (unpaired) electrons. The second-order valence-corrected chi connectivity index (χ2v) is 9.50. The van der Waals surface area contributed by atoms with Gasteiger partial charge < -0.3 is 15.5 Å². The lowest BCUT2D eigenvalue weighted by Gasteiger charge is -2.39. The van der Waals surface area contributed by atoms with Crippen LogP contribution in [0.3, 0.4) is 0 Å². The SMILES string of the molecule is Cc1cc(-c2ccccc2)cc(Nc2nccc(C(F)(F)F)n2)c1C(C)(O)[C@H]1CC[C@H](C(=O)O)CC1. The molecule has 1 heterocycles. The van der Waals surface area contributed by atoms with Crippen molar-refractivity contribution in [2.75, 3.05) is 5.32 Å². The van der Waals surface area contributed by atoms with E-state index in [0.717, 1.165) is 29.0 Å². The molecule has 3 aromatic rings. The molecule has 0 spiro atoms. The predicted molar refractivity (Wildman–Crippen MR) is 130 cm³/mol. The summed E-state index contributed by atoms with van der Waals surface area (Å²) in [5.41, 5.74) is 0.957. The quantitative estimate of drug-likeness (QED) is 0.368. The molecule has 3 N–H and O–H groups in total. The molecule has 1 fully saturated rings. The van der Waals surface area contributed by atoms with Gasteiger partial charge in [0.05, 0.1) is 11.5 Å². The molecule has 4 rings (SSSR count). The van der Waals surface area contributed by atoms with Crippen molar-refractivity contribution >= 4 is 17.6 Å². The van der Waals surface area contributed by atoms with Crippen molar-refractivity contribution in [2.24, 2.45) is 11.8 Å². The minimum atomic E-state index is -4.63. The molecule has 1 unspecified atom stereocenters. The standard InChI is InChI=1S/C27H28F3N3O3/c1-16-14-19(17-6-4-3-5-7-17)15-21(32-25-31-13-12-22(33-25)27(28,29)30)23(16)26(2,36)20-10-8-18(9-11-20)24(34)35/h3-7,12-15,18,20,36H,8-11H2,1-2H3,(H,34,35)(H,31,32,33)/t18-,20-,26?. The number of rotatable bonds is 6. The molecule has 9 heteroatoms. The Labute approximate surface area is 207 Å². The monoisotopic (exact) mass is 499 g/mol. The summed E-state index contributed by atoms with van der Waals surface area (Å²) in [6.07, 6.45) is -1.64. The molecule has 0 saturated heterocycles. The summed E-state index contributed by atoms with van der Waals surface area (Å²) in [6.45, 7) is 3.53. The average molecular weight is 500 g/mol. The van der Waals surface area contributed by atoms with Crippen LogP contribution >= 0.6 is 0 Å². The number of carboxylic acids is 1. The van der Waals surface area contributed by atoms with Crippen LogP contribution in [0.2, 0.25) is 0 Å². The molecule has 190 valence electrons. The molecular formula is C27H28F3N3O3. The van der Waals surface area contributed by atoms with Crippen molar-refractivity contribution in [3.63, 3.8) is 0 Å². The summed E-state index contributed by atoms with van der Waals surface area (Å²) >= 11 is 0. The predicted octanol–water partition coefficient (Wildman–Crippen LogP) is 6.31. The molecule has 1 aliphatic carbocycles. The Balaban J connectivity index is 1.78. The largest absolute Gasteiger partial charge is 0.481 e. The minimum absolute atomic E-state index is 0.225. The number of halogens is 3. The number of hydrogen-bond acceptors (Lipinski definition) is 5. The van der Waals surface area contributed by atoms with Crippen LogP contribution in [0.5, 0.6) is 0 Å². The van der Waals surface area contributed by atoms with Gasteiger partial charge in [-0.2, -0.15) is 13.2 Å². The highest BCUT2D eigenvalue weighted by Gasteiger charge is 2.40. The number of aliphatic carboxylic acids is 1. The molecule has 2 aromatic carbocycles. The molecule has 0 aliphatic heterocycles. The third kappa shape index (κ3) is 5.36. The van der Waals surface area contributed by atoms with E-state index in [9.17, 15) is 28.2 Å². The zero-order valence-electron chi connectivity index (χ0n) is 20.0. The third-order valence-electron chi connectivity index (χ3n) is 7.01. The fourth-order valence-corrected chi connectivity index (χ4v) is 5.16. The molecule has 1 atom stereocenters. The molecule has 1 aromatic heterocycles. The lowest BCUT2D eigenvalue weighted by atomic mass is 9.70. The van der Waals surface area contributed by atoms with Crippen LogP contribution in [-0.2, 0) is 16.6 Å². The lowest BCUT2D eigenvalue weighted by Crippen LogP contribution is -2.37. The Hall–Kier alpha value is -3.46. The van der Waals surface area contributed by atoms with Crippen molar-refractivity contribution < 1.29 is 28.2 Å². The summed E-state index contributed by atoms with van der Waals surface area (Å²) < 4.78 is 39.8. The number of nitrogens with zero attached hydrogens (tertiary/aromatic N) is 2. The number of nitrogens with one attached hydrogen (secondary N) is 1. The van der Waals surface area contributed by atoms with E-state index >= 15 is 0 Å². The summed E-state index contributed by atoms with van der Waals surface area (Å²) in [7, 11) is 0. The first-order valence-electron chi connectivity index (χ1n) is 11.8. The Bertz CT molecular complexity index is 1240. The molecule has 0 bridgehead atoms. The number of aliphatic hydroxyl groups is 1. The van der Waals surface area contributed by atoms with Crippen molar-refractivity contribution in [1.82, 2.24) is 9.97 Å². The van der Waals surface area contributed by atoms with E-state index in [4.69, 9.17) is 0 Å². The van der Waals surface area contributed by atoms with E-state index < -0.39 is 29.4 Å². The van der Waals surface area contributed by atoms with Crippen LogP contribution in [0.25, 0.3) is 11.1 Å². The Morgan fingerprint density at radius 3 is 2.31 bits per heavy atom. The van der Waals surface area contributed by atoms with E-state index in [1.54, 1.807) is 13.0 Å². The van der Waals surface area contributed by atoms with Crippen LogP contribution in [0.4, 0.5) is 24.8 Å². The molecule has 36 heavy (non-hydrogen) atoms. The second kappa shape index (κ2) is 9.89. The first-order valence-corrected chi connectivity index (χ1v) is 11.8. The molecule has 6 nitrogen and oxygen atoms in total. The van der Waals surface area contributed by atoms with Gasteiger partial charge in [0.1, 0.15) is 5.69 Å². The summed E-state index contributed by atoms with van der Waals surface area (Å²) in [6, 6.07) is 14.0. The first-order chi connectivity index (χ1) is 17.0. The highest BCUT2D eigenvalue weighted by molar-refractivity contribution is 5.75. The number of carbonyl (C=O) groups is 1. The van der Waals surface area contributed by atoms with Gasteiger partial charge in [-0.05, 0) is 74.3 Å². The Morgan fingerprint density at radius 2 is 1.69 bits per heavy atom. The smallest absolute Gasteiger partial charge is 0.433 e. The minimum Gasteiger partial charge on any atom is -0.481 e. The molecular weight excluding hydrogens is 471 g/mol. The maximum absolute atomic E-state index is 13.3. The Morgan fingerprint density at radius 1 is 1.03 bits per heavy atom. The van der Waals surface area contributed by atoms with Gasteiger partial charge in [0.15, 0.2) is 0 Å². The number of aryl methyl sites for hydroxylation is 1. The molecule has 0 amide bonds. The van der Waals surface area contributed by atoms with Crippen molar-refractivity contribution in [3.05, 3.63) is 71.5 Å². The number of anilines is 2. The number of carboxylic acid groups (broad SMARTS) is 1. The maximum atomic E-state index is 13.3. The summed E-state index contributed by atoms with van der Waals surface area (Å²) in [4.78, 5) is 19.0. The van der Waals surface area contributed by atoms with Gasteiger partial charge in [-0.3, -0.25) is 4.79 Å². The fourth-order valence-electron chi connectivity index (χ4n) is 5.16. The zero-order chi connectivity index (χ0) is 26.1. The normalized spacial score (nSPS) is 19.9. The first kappa shape index (κ1) is 25.6. The highest BCUT2D eigenvalue weighted by Crippen LogP contribution is 2.46. The van der Waals surface area contributed by atoms with E-state index in [2.05, 4.69) is 15.3 Å². The number of hydrogen-bond donors (Lipinski definition) is 3. The zero-order valence-corrected chi connectivity index (χ0v) is 20.0. The van der Waals surface area contributed by atoms with Gasteiger partial charge in [-0.25, -0.2) is 9.97 Å². The third-order valence-corrected chi connectivity index (χ3v) is 7.01. The van der Waals surface area contributed by atoms with Gasteiger partial charge >= 0.3 is 12.1 Å². The van der Waals surface area contributed by atoms with E-state index in [-0.39, 0.29) is 11.9 Å². The van der Waals surface area contributed by atoms with E-state index in [0.29, 0.717) is 36.9 Å². The van der Waals surface area contributed by atoms with Crippen molar-refractivity contribution in [3.8, 4) is 11.1 Å². The molecule has 1 saturated carbocycles. The van der Waals surface area contributed by atoms with Crippen LogP contribution in [0.15, 0.2) is 54.7 Å². The van der Waals surface area contributed by atoms with E-state index in [1.807, 2.05) is 43.3 Å². The highest BCUT2D eigenvalue weighted by atomic mass is 19.4. The van der Waals surface area contributed by atoms with Gasteiger partial charge in [0.25, 0.3) is 0 Å². The number of benzene rings is 2. The second-order valence-electron chi connectivity index (χ2n) is 9.50. The van der Waals surface area contributed by atoms with Gasteiger partial charge in [-0.1, -0.05) is 36.4 Å². The fraction of sp³-hybridized carbons (Fsp3) is 0.370. The lowest BCUT2D eigenvalue weighted by molar-refractivity contribution is -0.144. The summed E-state index contributed by atoms with van der Waals surface area (Å²) in [5.74, 6) is -1.73. The average Bonchev–Trinajstić information content (AvgIpc) is 2.84. The van der Waals surface area contributed by atoms with Gasteiger partial charge in [0, 0.05) is 17.4 Å².